The van der Waals surface area contributed by atoms with Gasteiger partial charge in [-0.1, -0.05) is 12.1 Å². The lowest BCUT2D eigenvalue weighted by Crippen LogP contribution is -2.12. The maximum absolute atomic E-state index is 13.4. The first-order chi connectivity index (χ1) is 7.13. The lowest BCUT2D eigenvalue weighted by Gasteiger charge is -2.10. The van der Waals surface area contributed by atoms with E-state index >= 15 is 0 Å². The molecule has 1 aromatic carbocycles. The molecule has 0 spiro atoms. The van der Waals surface area contributed by atoms with Gasteiger partial charge in [-0.05, 0) is 30.0 Å². The molecular formula is C12H15FO2. The summed E-state index contributed by atoms with van der Waals surface area (Å²) in [6, 6.07) is 4.92. The predicted octanol–water partition coefficient (Wildman–Crippen LogP) is 2.04. The Morgan fingerprint density at radius 2 is 2.20 bits per heavy atom. The van der Waals surface area contributed by atoms with Crippen LogP contribution in [0.15, 0.2) is 18.2 Å². The Morgan fingerprint density at radius 1 is 1.47 bits per heavy atom. The number of benzene rings is 1. The van der Waals surface area contributed by atoms with E-state index in [1.807, 2.05) is 0 Å². The number of halogens is 1. The lowest BCUT2D eigenvalue weighted by atomic mass is 10.0. The van der Waals surface area contributed by atoms with E-state index in [0.29, 0.717) is 18.6 Å². The van der Waals surface area contributed by atoms with Gasteiger partial charge in [-0.25, -0.2) is 4.39 Å². The summed E-state index contributed by atoms with van der Waals surface area (Å²) < 4.78 is 18.4. The SMILES string of the molecule is COCc1ccc(F)c(CC2(O)CC2)c1. The zero-order valence-corrected chi connectivity index (χ0v) is 8.79. The monoisotopic (exact) mass is 210 g/mol. The van der Waals surface area contributed by atoms with Crippen molar-refractivity contribution in [2.45, 2.75) is 31.5 Å². The van der Waals surface area contributed by atoms with Crippen LogP contribution in [-0.4, -0.2) is 17.8 Å². The Balaban J connectivity index is 2.16. The summed E-state index contributed by atoms with van der Waals surface area (Å²) in [6.07, 6.45) is 1.97. The molecule has 1 aromatic rings. The van der Waals surface area contributed by atoms with Gasteiger partial charge in [-0.15, -0.1) is 0 Å². The maximum atomic E-state index is 13.4. The van der Waals surface area contributed by atoms with Gasteiger partial charge in [0.25, 0.3) is 0 Å². The molecule has 0 unspecified atom stereocenters. The minimum Gasteiger partial charge on any atom is -0.390 e. The Labute approximate surface area is 88.7 Å². The fourth-order valence-electron chi connectivity index (χ4n) is 1.70. The van der Waals surface area contributed by atoms with Crippen molar-refractivity contribution >= 4 is 0 Å². The topological polar surface area (TPSA) is 29.5 Å². The van der Waals surface area contributed by atoms with Crippen molar-refractivity contribution in [1.29, 1.82) is 0 Å². The molecule has 1 saturated carbocycles. The molecule has 15 heavy (non-hydrogen) atoms. The molecular weight excluding hydrogens is 195 g/mol. The van der Waals surface area contributed by atoms with Crippen molar-refractivity contribution in [2.24, 2.45) is 0 Å². The summed E-state index contributed by atoms with van der Waals surface area (Å²) >= 11 is 0. The van der Waals surface area contributed by atoms with Crippen LogP contribution in [0.2, 0.25) is 0 Å². The molecule has 0 radical (unpaired) electrons. The van der Waals surface area contributed by atoms with E-state index in [1.54, 1.807) is 19.2 Å². The normalized spacial score (nSPS) is 17.8. The smallest absolute Gasteiger partial charge is 0.126 e. The first kappa shape index (κ1) is 10.6. The fourth-order valence-corrected chi connectivity index (χ4v) is 1.70. The van der Waals surface area contributed by atoms with Gasteiger partial charge in [0.1, 0.15) is 5.82 Å². The maximum Gasteiger partial charge on any atom is 0.126 e. The molecule has 2 nitrogen and oxygen atoms in total. The number of rotatable bonds is 4. The van der Waals surface area contributed by atoms with Gasteiger partial charge in [0, 0.05) is 13.5 Å². The summed E-state index contributed by atoms with van der Waals surface area (Å²) in [7, 11) is 1.61. The molecule has 1 fully saturated rings. The van der Waals surface area contributed by atoms with E-state index in [0.717, 1.165) is 18.4 Å². The number of methoxy groups -OCH3 is 1. The molecule has 2 rings (SSSR count). The van der Waals surface area contributed by atoms with Crippen LogP contribution in [0.3, 0.4) is 0 Å². The second kappa shape index (κ2) is 3.91. The van der Waals surface area contributed by atoms with Crippen molar-refractivity contribution < 1.29 is 14.2 Å². The van der Waals surface area contributed by atoms with E-state index in [2.05, 4.69) is 0 Å². The van der Waals surface area contributed by atoms with Crippen LogP contribution in [0.4, 0.5) is 4.39 Å². The van der Waals surface area contributed by atoms with E-state index in [1.165, 1.54) is 6.07 Å². The average Bonchev–Trinajstić information content (AvgIpc) is 2.90. The molecule has 1 aliphatic rings. The Bertz CT molecular complexity index is 359. The van der Waals surface area contributed by atoms with Gasteiger partial charge in [0.05, 0.1) is 12.2 Å². The van der Waals surface area contributed by atoms with E-state index in [9.17, 15) is 9.50 Å². The third-order valence-corrected chi connectivity index (χ3v) is 2.77. The second-order valence-corrected chi connectivity index (χ2v) is 4.26. The van der Waals surface area contributed by atoms with Crippen LogP contribution in [0.1, 0.15) is 24.0 Å². The molecule has 0 heterocycles. The van der Waals surface area contributed by atoms with Crippen LogP contribution in [0.25, 0.3) is 0 Å². The molecule has 0 amide bonds. The van der Waals surface area contributed by atoms with E-state index < -0.39 is 5.60 Å². The summed E-state index contributed by atoms with van der Waals surface area (Å²) in [5, 5.41) is 9.73. The number of aliphatic hydroxyl groups is 1. The van der Waals surface area contributed by atoms with Gasteiger partial charge in [0.15, 0.2) is 0 Å². The predicted molar refractivity (Wildman–Crippen MR) is 55.0 cm³/mol. The van der Waals surface area contributed by atoms with E-state index in [4.69, 9.17) is 4.74 Å². The second-order valence-electron chi connectivity index (χ2n) is 4.26. The third kappa shape index (κ3) is 2.55. The Hall–Kier alpha value is -0.930. The summed E-state index contributed by atoms with van der Waals surface area (Å²) in [6.45, 7) is 0.478. The molecule has 1 aliphatic carbocycles. The average molecular weight is 210 g/mol. The Kier molecular flexibility index (Phi) is 2.76. The van der Waals surface area contributed by atoms with Crippen molar-refractivity contribution in [2.75, 3.05) is 7.11 Å². The zero-order chi connectivity index (χ0) is 10.9. The van der Waals surface area contributed by atoms with Gasteiger partial charge < -0.3 is 9.84 Å². The number of hydrogen-bond acceptors (Lipinski definition) is 2. The highest BCUT2D eigenvalue weighted by molar-refractivity contribution is 5.27. The number of ether oxygens (including phenoxy) is 1. The first-order valence-corrected chi connectivity index (χ1v) is 5.12. The van der Waals surface area contributed by atoms with E-state index in [-0.39, 0.29) is 5.82 Å². The van der Waals surface area contributed by atoms with Crippen LogP contribution in [0, 0.1) is 5.82 Å². The highest BCUT2D eigenvalue weighted by Gasteiger charge is 2.40. The van der Waals surface area contributed by atoms with Gasteiger partial charge in [-0.3, -0.25) is 0 Å². The van der Waals surface area contributed by atoms with Gasteiger partial charge in [0.2, 0.25) is 0 Å². The quantitative estimate of drug-likeness (QED) is 0.824. The number of hydrogen-bond donors (Lipinski definition) is 1. The van der Waals surface area contributed by atoms with Crippen molar-refractivity contribution in [3.8, 4) is 0 Å². The minimum absolute atomic E-state index is 0.241. The van der Waals surface area contributed by atoms with Crippen molar-refractivity contribution in [3.05, 3.63) is 35.1 Å². The third-order valence-electron chi connectivity index (χ3n) is 2.77. The summed E-state index contributed by atoms with van der Waals surface area (Å²) in [4.78, 5) is 0. The van der Waals surface area contributed by atoms with Crippen LogP contribution >= 0.6 is 0 Å². The van der Waals surface area contributed by atoms with Gasteiger partial charge in [-0.2, -0.15) is 0 Å². The lowest BCUT2D eigenvalue weighted by molar-refractivity contribution is 0.149. The molecule has 82 valence electrons. The van der Waals surface area contributed by atoms with Crippen molar-refractivity contribution in [1.82, 2.24) is 0 Å². The molecule has 0 saturated heterocycles. The van der Waals surface area contributed by atoms with Crippen LogP contribution in [-0.2, 0) is 17.8 Å². The summed E-state index contributed by atoms with van der Waals surface area (Å²) in [5.74, 6) is -0.241. The first-order valence-electron chi connectivity index (χ1n) is 5.12. The van der Waals surface area contributed by atoms with Gasteiger partial charge >= 0.3 is 0 Å². The summed E-state index contributed by atoms with van der Waals surface area (Å²) in [5.41, 5.74) is 0.884. The Morgan fingerprint density at radius 3 is 2.80 bits per heavy atom. The molecule has 3 heteroatoms. The minimum atomic E-state index is -0.646. The van der Waals surface area contributed by atoms with Crippen LogP contribution < -0.4 is 0 Å². The highest BCUT2D eigenvalue weighted by atomic mass is 19.1. The highest BCUT2D eigenvalue weighted by Crippen LogP contribution is 2.38. The molecule has 1 N–H and O–H groups in total. The fraction of sp³-hybridized carbons (Fsp3) is 0.500. The molecule has 0 atom stereocenters. The zero-order valence-electron chi connectivity index (χ0n) is 8.79. The van der Waals surface area contributed by atoms with Crippen LogP contribution in [0.5, 0.6) is 0 Å². The van der Waals surface area contributed by atoms with Crippen molar-refractivity contribution in [3.63, 3.8) is 0 Å². The molecule has 0 aliphatic heterocycles. The molecule has 0 bridgehead atoms. The standard InChI is InChI=1S/C12H15FO2/c1-15-8-9-2-3-11(13)10(6-9)7-12(14)4-5-12/h2-3,6,14H,4-5,7-8H2,1H3. The molecule has 0 aromatic heterocycles. The largest absolute Gasteiger partial charge is 0.390 e.